The molecule has 9 heteroatoms. The van der Waals surface area contributed by atoms with Crippen LogP contribution in [0, 0.1) is 0 Å². The quantitative estimate of drug-likeness (QED) is 0.660. The first-order chi connectivity index (χ1) is 10.1. The zero-order chi connectivity index (χ0) is 16.5. The average molecular weight is 355 g/mol. The average Bonchev–Trinajstić information content (AvgIpc) is 2.56. The second-order valence-corrected chi connectivity index (χ2v) is 6.16. The third-order valence-electron chi connectivity index (χ3n) is 3.10. The molecule has 0 bridgehead atoms. The Hall–Kier alpha value is -0.219. The van der Waals surface area contributed by atoms with Gasteiger partial charge in [0.2, 0.25) is 0 Å². The van der Waals surface area contributed by atoms with Gasteiger partial charge in [0.15, 0.2) is 0 Å². The molecule has 2 rings (SSSR count). The topological polar surface area (TPSA) is 38.8 Å². The van der Waals surface area contributed by atoms with Crippen LogP contribution in [0.3, 0.4) is 0 Å². The number of rotatable bonds is 1. The fraction of sp³-hybridized carbons (Fsp3) is 0.500. The van der Waals surface area contributed by atoms with E-state index in [0.717, 1.165) is 6.07 Å². The molecule has 0 aromatic heterocycles. The van der Waals surface area contributed by atoms with E-state index >= 15 is 0 Å². The Balaban J connectivity index is 0.00000264. The van der Waals surface area contributed by atoms with E-state index in [1.165, 1.54) is 17.0 Å². The molecular weight excluding hydrogens is 337 g/mol. The van der Waals surface area contributed by atoms with Crippen molar-refractivity contribution in [3.63, 3.8) is 0 Å². The smallest absolute Gasteiger partial charge is 0.494 e. The Morgan fingerprint density at radius 1 is 1.30 bits per heavy atom. The van der Waals surface area contributed by atoms with Crippen molar-refractivity contribution in [3.05, 3.63) is 23.8 Å². The Bertz CT molecular complexity index is 575. The van der Waals surface area contributed by atoms with Crippen LogP contribution in [0.4, 0.5) is 17.7 Å². The van der Waals surface area contributed by atoms with Gasteiger partial charge in [-0.1, -0.05) is 23.7 Å². The van der Waals surface area contributed by atoms with Crippen LogP contribution in [0.25, 0.3) is 0 Å². The molecule has 0 aliphatic carbocycles. The first-order valence-corrected chi connectivity index (χ1v) is 7.00. The SMILES string of the molecule is CC(C)(C)OC(=O)N1CCOc2c(cccc2[B-](F)(F)F)C1.[K+]. The number of benzene rings is 1. The van der Waals surface area contributed by atoms with Gasteiger partial charge in [-0.25, -0.2) is 4.79 Å². The van der Waals surface area contributed by atoms with Crippen LogP contribution in [0.5, 0.6) is 5.75 Å². The maximum absolute atomic E-state index is 13.1. The van der Waals surface area contributed by atoms with Crippen LogP contribution in [0.15, 0.2) is 18.2 Å². The second kappa shape index (κ2) is 7.78. The van der Waals surface area contributed by atoms with E-state index in [1.807, 2.05) is 0 Å². The summed E-state index contributed by atoms with van der Waals surface area (Å²) in [5, 5.41) is 0. The van der Waals surface area contributed by atoms with Crippen molar-refractivity contribution in [1.29, 1.82) is 0 Å². The maximum atomic E-state index is 13.1. The van der Waals surface area contributed by atoms with Crippen LogP contribution in [-0.2, 0) is 11.3 Å². The van der Waals surface area contributed by atoms with Crippen molar-refractivity contribution in [2.45, 2.75) is 32.9 Å². The molecule has 1 heterocycles. The summed E-state index contributed by atoms with van der Waals surface area (Å²) >= 11 is 0. The maximum Gasteiger partial charge on any atom is 1.00 e. The van der Waals surface area contributed by atoms with Gasteiger partial charge in [0.05, 0.1) is 18.8 Å². The van der Waals surface area contributed by atoms with Crippen molar-refractivity contribution < 1.29 is 78.6 Å². The molecule has 4 nitrogen and oxygen atoms in total. The Morgan fingerprint density at radius 3 is 2.52 bits per heavy atom. The number of carbonyl (C=O) groups excluding carboxylic acids is 1. The summed E-state index contributed by atoms with van der Waals surface area (Å²) in [7, 11) is 0. The van der Waals surface area contributed by atoms with Crippen molar-refractivity contribution in [2.24, 2.45) is 0 Å². The molecular formula is C14H18BF3KNO3. The first-order valence-electron chi connectivity index (χ1n) is 7.00. The Morgan fingerprint density at radius 2 is 1.96 bits per heavy atom. The van der Waals surface area contributed by atoms with Crippen LogP contribution in [0.2, 0.25) is 0 Å². The molecule has 0 unspecified atom stereocenters. The van der Waals surface area contributed by atoms with E-state index in [9.17, 15) is 17.7 Å². The van der Waals surface area contributed by atoms with E-state index in [1.54, 1.807) is 20.8 Å². The fourth-order valence-corrected chi connectivity index (χ4v) is 2.19. The van der Waals surface area contributed by atoms with Gasteiger partial charge in [-0.15, -0.1) is 0 Å². The number of hydrogen-bond donors (Lipinski definition) is 0. The summed E-state index contributed by atoms with van der Waals surface area (Å²) in [6.45, 7) is 0.239. The van der Waals surface area contributed by atoms with Gasteiger partial charge in [-0.3, -0.25) is 0 Å². The normalized spacial score (nSPS) is 15.0. The van der Waals surface area contributed by atoms with E-state index < -0.39 is 24.1 Å². The van der Waals surface area contributed by atoms with E-state index in [0.29, 0.717) is 5.56 Å². The number of nitrogens with zero attached hydrogens (tertiary/aromatic N) is 1. The minimum Gasteiger partial charge on any atom is -0.494 e. The van der Waals surface area contributed by atoms with E-state index in [2.05, 4.69) is 0 Å². The number of amides is 1. The predicted octanol–water partition coefficient (Wildman–Crippen LogP) is -0.125. The molecule has 0 spiro atoms. The van der Waals surface area contributed by atoms with Gasteiger partial charge in [0.1, 0.15) is 12.2 Å². The van der Waals surface area contributed by atoms with Crippen molar-refractivity contribution in [1.82, 2.24) is 4.90 Å². The van der Waals surface area contributed by atoms with Gasteiger partial charge in [0.25, 0.3) is 0 Å². The van der Waals surface area contributed by atoms with E-state index in [-0.39, 0.29) is 76.8 Å². The minimum atomic E-state index is -5.16. The fourth-order valence-electron chi connectivity index (χ4n) is 2.19. The van der Waals surface area contributed by atoms with Crippen LogP contribution < -0.4 is 61.6 Å². The molecule has 1 aliphatic heterocycles. The molecule has 0 fully saturated rings. The van der Waals surface area contributed by atoms with Crippen LogP contribution in [-0.4, -0.2) is 36.7 Å². The molecule has 0 saturated carbocycles. The summed E-state index contributed by atoms with van der Waals surface area (Å²) in [6.07, 6.45) is -0.563. The van der Waals surface area contributed by atoms with Crippen molar-refractivity contribution in [2.75, 3.05) is 13.2 Å². The largest absolute Gasteiger partial charge is 1.00 e. The zero-order valence-electron chi connectivity index (χ0n) is 13.7. The molecule has 0 N–H and O–H groups in total. The molecule has 1 aromatic carbocycles. The number of ether oxygens (including phenoxy) is 2. The molecule has 1 amide bonds. The molecule has 0 atom stereocenters. The van der Waals surface area contributed by atoms with Gasteiger partial charge < -0.3 is 27.3 Å². The third-order valence-corrected chi connectivity index (χ3v) is 3.10. The number of carbonyl (C=O) groups is 1. The minimum absolute atomic E-state index is 0. The monoisotopic (exact) mass is 355 g/mol. The first kappa shape index (κ1) is 20.8. The molecule has 0 radical (unpaired) electrons. The van der Waals surface area contributed by atoms with Gasteiger partial charge in [-0.2, -0.15) is 0 Å². The Kier molecular flexibility index (Phi) is 7.04. The molecule has 1 aliphatic rings. The summed E-state index contributed by atoms with van der Waals surface area (Å²) < 4.78 is 49.7. The number of para-hydroxylation sites is 1. The molecule has 0 saturated heterocycles. The molecule has 23 heavy (non-hydrogen) atoms. The summed E-state index contributed by atoms with van der Waals surface area (Å²) in [5.41, 5.74) is -1.09. The van der Waals surface area contributed by atoms with Crippen molar-refractivity contribution in [3.8, 4) is 5.75 Å². The van der Waals surface area contributed by atoms with Crippen molar-refractivity contribution >= 4 is 18.5 Å². The van der Waals surface area contributed by atoms with Gasteiger partial charge in [-0.05, 0) is 20.8 Å². The molecule has 122 valence electrons. The standard InChI is InChI=1S/C14H18BF3NO3.K/c1-14(2,3)22-13(20)19-7-8-21-12-10(9-19)5-4-6-11(12)15(16,17)18;/h4-6H,7-9H2,1-3H3;/q-1;+1. The van der Waals surface area contributed by atoms with Crippen LogP contribution in [0.1, 0.15) is 26.3 Å². The third kappa shape index (κ3) is 5.67. The summed E-state index contributed by atoms with van der Waals surface area (Å²) in [5.74, 6) is -0.180. The zero-order valence-corrected chi connectivity index (χ0v) is 16.9. The van der Waals surface area contributed by atoms with Crippen LogP contribution >= 0.6 is 0 Å². The Labute approximate surface area is 176 Å². The molecule has 1 aromatic rings. The number of hydrogen-bond acceptors (Lipinski definition) is 3. The van der Waals surface area contributed by atoms with E-state index in [4.69, 9.17) is 9.47 Å². The summed E-state index contributed by atoms with van der Waals surface area (Å²) in [4.78, 5) is 13.4. The number of fused-ring (bicyclic) bond motifs is 1. The second-order valence-electron chi connectivity index (χ2n) is 6.16. The summed E-state index contributed by atoms with van der Waals surface area (Å²) in [6, 6.07) is 3.86. The predicted molar refractivity (Wildman–Crippen MR) is 77.3 cm³/mol. The van der Waals surface area contributed by atoms with Gasteiger partial charge in [0, 0.05) is 5.56 Å². The van der Waals surface area contributed by atoms with Gasteiger partial charge >= 0.3 is 64.5 Å². The number of halogens is 3.